The maximum absolute atomic E-state index is 12.2. The molecule has 1 amide bonds. The zero-order valence-electron chi connectivity index (χ0n) is 14.4. The van der Waals surface area contributed by atoms with Crippen LogP contribution in [0.3, 0.4) is 0 Å². The van der Waals surface area contributed by atoms with Crippen LogP contribution in [0.2, 0.25) is 0 Å². The second-order valence-corrected chi connectivity index (χ2v) is 6.79. The highest BCUT2D eigenvalue weighted by Gasteiger charge is 2.42. The Hall–Kier alpha value is -1.47. The number of nitrogens with zero attached hydrogens (tertiary/aromatic N) is 5. The van der Waals surface area contributed by atoms with Crippen molar-refractivity contribution in [1.29, 1.82) is 0 Å². The molecule has 23 heavy (non-hydrogen) atoms. The van der Waals surface area contributed by atoms with Gasteiger partial charge in [0, 0.05) is 51.6 Å². The molecule has 1 spiro atoms. The van der Waals surface area contributed by atoms with E-state index in [0.29, 0.717) is 30.7 Å². The standard InChI is InChI=1S/C16H27N5O2/c1-4-21-8-7-16(6-5-15(21)22)12-20(10-9-19(16)3)11-14-18-17-13(2)23-14/h4-12H2,1-3H3/t16-/m0/s1. The average molecular weight is 321 g/mol. The lowest BCUT2D eigenvalue weighted by molar-refractivity contribution is -0.130. The number of rotatable bonds is 3. The first-order chi connectivity index (χ1) is 11.0. The van der Waals surface area contributed by atoms with Gasteiger partial charge >= 0.3 is 0 Å². The van der Waals surface area contributed by atoms with Crippen LogP contribution in [-0.4, -0.2) is 76.1 Å². The zero-order chi connectivity index (χ0) is 16.4. The molecule has 2 aliphatic rings. The van der Waals surface area contributed by atoms with Gasteiger partial charge in [0.2, 0.25) is 17.7 Å². The molecule has 1 atom stereocenters. The number of likely N-dealkylation sites (tertiary alicyclic amines) is 1. The molecule has 2 aliphatic heterocycles. The third kappa shape index (κ3) is 3.40. The van der Waals surface area contributed by atoms with Crippen molar-refractivity contribution >= 4 is 5.91 Å². The summed E-state index contributed by atoms with van der Waals surface area (Å²) in [5.74, 6) is 1.59. The van der Waals surface area contributed by atoms with Crippen molar-refractivity contribution in [2.75, 3.05) is 39.8 Å². The van der Waals surface area contributed by atoms with Crippen molar-refractivity contribution in [2.45, 2.75) is 45.2 Å². The van der Waals surface area contributed by atoms with Crippen LogP contribution in [0.4, 0.5) is 0 Å². The highest BCUT2D eigenvalue weighted by molar-refractivity contribution is 5.76. The van der Waals surface area contributed by atoms with Gasteiger partial charge in [-0.1, -0.05) is 0 Å². The van der Waals surface area contributed by atoms with Gasteiger partial charge in [0.05, 0.1) is 6.54 Å². The van der Waals surface area contributed by atoms with Crippen molar-refractivity contribution < 1.29 is 9.21 Å². The molecule has 0 bridgehead atoms. The molecule has 0 radical (unpaired) electrons. The topological polar surface area (TPSA) is 65.7 Å². The van der Waals surface area contributed by atoms with E-state index in [1.54, 1.807) is 0 Å². The summed E-state index contributed by atoms with van der Waals surface area (Å²) in [7, 11) is 2.19. The summed E-state index contributed by atoms with van der Waals surface area (Å²) in [5, 5.41) is 8.03. The van der Waals surface area contributed by atoms with Gasteiger partial charge < -0.3 is 9.32 Å². The van der Waals surface area contributed by atoms with Crippen molar-refractivity contribution in [3.63, 3.8) is 0 Å². The predicted octanol–water partition coefficient (Wildman–Crippen LogP) is 0.897. The first kappa shape index (κ1) is 16.4. The normalized spacial score (nSPS) is 27.6. The molecule has 1 aromatic rings. The molecule has 3 heterocycles. The van der Waals surface area contributed by atoms with E-state index in [1.165, 1.54) is 0 Å². The van der Waals surface area contributed by atoms with Crippen LogP contribution in [0.5, 0.6) is 0 Å². The van der Waals surface area contributed by atoms with Gasteiger partial charge in [-0.2, -0.15) is 0 Å². The van der Waals surface area contributed by atoms with E-state index >= 15 is 0 Å². The van der Waals surface area contributed by atoms with Crippen LogP contribution in [0, 0.1) is 6.92 Å². The fourth-order valence-corrected chi connectivity index (χ4v) is 3.84. The first-order valence-electron chi connectivity index (χ1n) is 8.53. The molecule has 7 heteroatoms. The SMILES string of the molecule is CCN1CC[C@@]2(CCC1=O)CN(Cc1nnc(C)o1)CCN2C. The van der Waals surface area contributed by atoms with Crippen molar-refractivity contribution in [3.05, 3.63) is 11.8 Å². The predicted molar refractivity (Wildman–Crippen MR) is 85.8 cm³/mol. The Balaban J connectivity index is 1.71. The van der Waals surface area contributed by atoms with Gasteiger partial charge in [-0.3, -0.25) is 14.6 Å². The van der Waals surface area contributed by atoms with Crippen molar-refractivity contribution in [2.24, 2.45) is 0 Å². The highest BCUT2D eigenvalue weighted by atomic mass is 16.4. The number of hydrogen-bond acceptors (Lipinski definition) is 6. The quantitative estimate of drug-likeness (QED) is 0.824. The Bertz CT molecular complexity index is 560. The molecular weight excluding hydrogens is 294 g/mol. The van der Waals surface area contributed by atoms with E-state index in [-0.39, 0.29) is 5.54 Å². The molecule has 128 valence electrons. The van der Waals surface area contributed by atoms with Crippen LogP contribution in [0.15, 0.2) is 4.42 Å². The van der Waals surface area contributed by atoms with E-state index in [4.69, 9.17) is 4.42 Å². The van der Waals surface area contributed by atoms with Gasteiger partial charge in [0.15, 0.2) is 0 Å². The Morgan fingerprint density at radius 2 is 2.04 bits per heavy atom. The number of aryl methyl sites for hydroxylation is 1. The molecule has 0 aliphatic carbocycles. The average Bonchev–Trinajstić information content (AvgIpc) is 2.86. The molecule has 0 aromatic carbocycles. The number of aromatic nitrogens is 2. The number of piperazine rings is 1. The third-order valence-electron chi connectivity index (χ3n) is 5.39. The summed E-state index contributed by atoms with van der Waals surface area (Å²) < 4.78 is 5.53. The van der Waals surface area contributed by atoms with E-state index < -0.39 is 0 Å². The zero-order valence-corrected chi connectivity index (χ0v) is 14.4. The minimum absolute atomic E-state index is 0.0763. The van der Waals surface area contributed by atoms with Crippen LogP contribution >= 0.6 is 0 Å². The number of likely N-dealkylation sites (N-methyl/N-ethyl adjacent to an activating group) is 1. The first-order valence-corrected chi connectivity index (χ1v) is 8.53. The van der Waals surface area contributed by atoms with Gasteiger partial charge in [0.25, 0.3) is 0 Å². The molecular formula is C16H27N5O2. The van der Waals surface area contributed by atoms with Gasteiger partial charge in [0.1, 0.15) is 0 Å². The number of amides is 1. The minimum atomic E-state index is 0.0763. The molecule has 2 saturated heterocycles. The molecule has 7 nitrogen and oxygen atoms in total. The largest absolute Gasteiger partial charge is 0.424 e. The third-order valence-corrected chi connectivity index (χ3v) is 5.39. The summed E-state index contributed by atoms with van der Waals surface area (Å²) in [6.45, 7) is 9.19. The summed E-state index contributed by atoms with van der Waals surface area (Å²) >= 11 is 0. The molecule has 0 unspecified atom stereocenters. The molecule has 1 aromatic heterocycles. The van der Waals surface area contributed by atoms with E-state index in [0.717, 1.165) is 45.6 Å². The van der Waals surface area contributed by atoms with Gasteiger partial charge in [-0.15, -0.1) is 10.2 Å². The fourth-order valence-electron chi connectivity index (χ4n) is 3.84. The smallest absolute Gasteiger partial charge is 0.230 e. The second-order valence-electron chi connectivity index (χ2n) is 6.79. The highest BCUT2D eigenvalue weighted by Crippen LogP contribution is 2.32. The van der Waals surface area contributed by atoms with Crippen LogP contribution in [0.25, 0.3) is 0 Å². The van der Waals surface area contributed by atoms with Crippen LogP contribution in [0.1, 0.15) is 38.0 Å². The Kier molecular flexibility index (Phi) is 4.68. The molecule has 2 fully saturated rings. The van der Waals surface area contributed by atoms with Crippen LogP contribution < -0.4 is 0 Å². The van der Waals surface area contributed by atoms with Gasteiger partial charge in [-0.05, 0) is 26.8 Å². The van der Waals surface area contributed by atoms with E-state index in [1.807, 2.05) is 11.8 Å². The summed E-state index contributed by atoms with van der Waals surface area (Å²) in [5.41, 5.74) is 0.0763. The maximum atomic E-state index is 12.2. The lowest BCUT2D eigenvalue weighted by Gasteiger charge is -2.49. The Morgan fingerprint density at radius 1 is 1.22 bits per heavy atom. The minimum Gasteiger partial charge on any atom is -0.424 e. The second kappa shape index (κ2) is 6.57. The van der Waals surface area contributed by atoms with Crippen molar-refractivity contribution in [3.8, 4) is 0 Å². The maximum Gasteiger partial charge on any atom is 0.230 e. The van der Waals surface area contributed by atoms with Gasteiger partial charge in [-0.25, -0.2) is 0 Å². The Labute approximate surface area is 137 Å². The summed E-state index contributed by atoms with van der Waals surface area (Å²) in [6, 6.07) is 0. The summed E-state index contributed by atoms with van der Waals surface area (Å²) in [4.78, 5) is 19.0. The lowest BCUT2D eigenvalue weighted by Crippen LogP contribution is -2.60. The Morgan fingerprint density at radius 3 is 2.74 bits per heavy atom. The number of carbonyl (C=O) groups excluding carboxylic acids is 1. The summed E-state index contributed by atoms with van der Waals surface area (Å²) in [6.07, 6.45) is 2.60. The number of carbonyl (C=O) groups is 1. The lowest BCUT2D eigenvalue weighted by atomic mass is 9.86. The van der Waals surface area contributed by atoms with E-state index in [9.17, 15) is 4.79 Å². The fraction of sp³-hybridized carbons (Fsp3) is 0.812. The van der Waals surface area contributed by atoms with E-state index in [2.05, 4.69) is 34.0 Å². The van der Waals surface area contributed by atoms with Crippen LogP contribution in [-0.2, 0) is 11.3 Å². The van der Waals surface area contributed by atoms with Crippen molar-refractivity contribution in [1.82, 2.24) is 24.9 Å². The molecule has 0 saturated carbocycles. The monoisotopic (exact) mass is 321 g/mol. The number of hydrogen-bond donors (Lipinski definition) is 0. The molecule has 3 rings (SSSR count). The molecule has 0 N–H and O–H groups in total.